The minimum atomic E-state index is -0.352. The molecule has 1 fully saturated rings. The van der Waals surface area contributed by atoms with Crippen molar-refractivity contribution in [1.29, 1.82) is 0 Å². The zero-order chi connectivity index (χ0) is 24.8. The molecule has 1 aliphatic rings. The largest absolute Gasteiger partial charge is 0.492 e. The SMILES string of the molecule is CCOc1cc(N2CCOCC2)c(OCC)cc1NC(=O)c1c(C)nn(Cc2ccccc2)c1Cl. The van der Waals surface area contributed by atoms with Gasteiger partial charge in [0, 0.05) is 25.2 Å². The van der Waals surface area contributed by atoms with E-state index in [1.54, 1.807) is 11.6 Å². The molecule has 9 heteroatoms. The van der Waals surface area contributed by atoms with E-state index >= 15 is 0 Å². The molecule has 35 heavy (non-hydrogen) atoms. The highest BCUT2D eigenvalue weighted by atomic mass is 35.5. The maximum absolute atomic E-state index is 13.4. The molecule has 0 atom stereocenters. The van der Waals surface area contributed by atoms with E-state index in [1.165, 1.54) is 0 Å². The number of amides is 1. The van der Waals surface area contributed by atoms with Gasteiger partial charge in [0.05, 0.1) is 55.6 Å². The van der Waals surface area contributed by atoms with Crippen molar-refractivity contribution >= 4 is 28.9 Å². The van der Waals surface area contributed by atoms with Crippen molar-refractivity contribution in [2.75, 3.05) is 49.7 Å². The fourth-order valence-corrected chi connectivity index (χ4v) is 4.42. The minimum absolute atomic E-state index is 0.289. The summed E-state index contributed by atoms with van der Waals surface area (Å²) in [6.45, 7) is 9.86. The van der Waals surface area contributed by atoms with Crippen LogP contribution < -0.4 is 19.7 Å². The normalized spacial score (nSPS) is 13.5. The first-order valence-electron chi connectivity index (χ1n) is 11.9. The summed E-state index contributed by atoms with van der Waals surface area (Å²) in [5.74, 6) is 0.890. The van der Waals surface area contributed by atoms with Gasteiger partial charge in [0.25, 0.3) is 5.91 Å². The van der Waals surface area contributed by atoms with Gasteiger partial charge in [0.15, 0.2) is 0 Å². The Balaban J connectivity index is 1.63. The number of morpholine rings is 1. The van der Waals surface area contributed by atoms with Gasteiger partial charge in [-0.15, -0.1) is 0 Å². The molecule has 0 aliphatic carbocycles. The maximum Gasteiger partial charge on any atom is 0.260 e. The fraction of sp³-hybridized carbons (Fsp3) is 0.385. The van der Waals surface area contributed by atoms with Gasteiger partial charge >= 0.3 is 0 Å². The molecule has 0 spiro atoms. The van der Waals surface area contributed by atoms with Crippen LogP contribution in [-0.4, -0.2) is 55.2 Å². The number of nitrogens with one attached hydrogen (secondary N) is 1. The topological polar surface area (TPSA) is 77.8 Å². The molecule has 1 aromatic heterocycles. The lowest BCUT2D eigenvalue weighted by Crippen LogP contribution is -2.36. The summed E-state index contributed by atoms with van der Waals surface area (Å²) in [5.41, 5.74) is 3.37. The van der Waals surface area contributed by atoms with E-state index in [4.69, 9.17) is 25.8 Å². The lowest BCUT2D eigenvalue weighted by atomic mass is 10.2. The third-order valence-corrected chi connectivity index (χ3v) is 6.11. The van der Waals surface area contributed by atoms with E-state index in [9.17, 15) is 4.79 Å². The third kappa shape index (κ3) is 5.71. The number of benzene rings is 2. The van der Waals surface area contributed by atoms with Crippen LogP contribution in [0.4, 0.5) is 11.4 Å². The first-order valence-corrected chi connectivity index (χ1v) is 12.2. The molecule has 1 aliphatic heterocycles. The number of rotatable bonds is 9. The monoisotopic (exact) mass is 498 g/mol. The Hall–Kier alpha value is -3.23. The number of halogens is 1. The first-order chi connectivity index (χ1) is 17.0. The molecule has 0 bridgehead atoms. The van der Waals surface area contributed by atoms with E-state index in [1.807, 2.05) is 56.3 Å². The first kappa shape index (κ1) is 24.9. The standard InChI is InChI=1S/C26H31ClN4O4/c1-4-34-22-16-21(30-11-13-33-14-12-30)23(35-5-2)15-20(22)28-26(32)24-18(3)29-31(25(24)27)17-19-9-7-6-8-10-19/h6-10,15-16H,4-5,11-14,17H2,1-3H3,(H,28,32). The van der Waals surface area contributed by atoms with Crippen LogP contribution in [0.1, 0.15) is 35.5 Å². The van der Waals surface area contributed by atoms with Crippen molar-refractivity contribution < 1.29 is 19.0 Å². The van der Waals surface area contributed by atoms with Crippen LogP contribution in [0, 0.1) is 6.92 Å². The van der Waals surface area contributed by atoms with Crippen molar-refractivity contribution in [3.05, 3.63) is 64.4 Å². The lowest BCUT2D eigenvalue weighted by molar-refractivity contribution is 0.102. The van der Waals surface area contributed by atoms with Crippen molar-refractivity contribution in [2.45, 2.75) is 27.3 Å². The van der Waals surface area contributed by atoms with Gasteiger partial charge in [-0.2, -0.15) is 5.10 Å². The smallest absolute Gasteiger partial charge is 0.260 e. The summed E-state index contributed by atoms with van der Waals surface area (Å²) >= 11 is 6.61. The highest BCUT2D eigenvalue weighted by Crippen LogP contribution is 2.39. The van der Waals surface area contributed by atoms with Gasteiger partial charge in [0.1, 0.15) is 16.7 Å². The third-order valence-electron chi connectivity index (χ3n) is 5.73. The molecule has 1 amide bonds. The Morgan fingerprint density at radius 1 is 1.09 bits per heavy atom. The molecule has 2 aromatic carbocycles. The number of carbonyl (C=O) groups excluding carboxylic acids is 1. The highest BCUT2D eigenvalue weighted by Gasteiger charge is 2.24. The summed E-state index contributed by atoms with van der Waals surface area (Å²) in [6, 6.07) is 13.6. The number of carbonyl (C=O) groups is 1. The Labute approximate surface area is 210 Å². The van der Waals surface area contributed by atoms with Crippen LogP contribution in [0.3, 0.4) is 0 Å². The van der Waals surface area contributed by atoms with Crippen molar-refractivity contribution in [3.8, 4) is 11.5 Å². The minimum Gasteiger partial charge on any atom is -0.492 e. The summed E-state index contributed by atoms with van der Waals surface area (Å²) in [5, 5.41) is 7.76. The molecule has 1 saturated heterocycles. The van der Waals surface area contributed by atoms with E-state index < -0.39 is 0 Å². The molecule has 0 radical (unpaired) electrons. The number of ether oxygens (including phenoxy) is 3. The van der Waals surface area contributed by atoms with Gasteiger partial charge in [-0.3, -0.25) is 4.79 Å². The fourth-order valence-electron chi connectivity index (χ4n) is 4.10. The van der Waals surface area contributed by atoms with Gasteiger partial charge < -0.3 is 24.4 Å². The van der Waals surface area contributed by atoms with Crippen LogP contribution in [0.2, 0.25) is 5.15 Å². The van der Waals surface area contributed by atoms with Crippen LogP contribution >= 0.6 is 11.6 Å². The zero-order valence-electron chi connectivity index (χ0n) is 20.3. The number of hydrogen-bond donors (Lipinski definition) is 1. The number of hydrogen-bond acceptors (Lipinski definition) is 6. The highest BCUT2D eigenvalue weighted by molar-refractivity contribution is 6.33. The van der Waals surface area contributed by atoms with E-state index in [0.717, 1.165) is 24.3 Å². The summed E-state index contributed by atoms with van der Waals surface area (Å²) in [6.07, 6.45) is 0. The zero-order valence-corrected chi connectivity index (χ0v) is 21.1. The van der Waals surface area contributed by atoms with Crippen LogP contribution in [0.15, 0.2) is 42.5 Å². The second-order valence-electron chi connectivity index (χ2n) is 8.13. The molecule has 1 N–H and O–H groups in total. The van der Waals surface area contributed by atoms with E-state index in [0.29, 0.717) is 61.4 Å². The van der Waals surface area contributed by atoms with E-state index in [2.05, 4.69) is 15.3 Å². The van der Waals surface area contributed by atoms with Gasteiger partial charge in [-0.05, 0) is 26.3 Å². The molecule has 8 nitrogen and oxygen atoms in total. The van der Waals surface area contributed by atoms with Gasteiger partial charge in [-0.25, -0.2) is 4.68 Å². The van der Waals surface area contributed by atoms with Gasteiger partial charge in [-0.1, -0.05) is 41.9 Å². The predicted octanol–water partition coefficient (Wildman–Crippen LogP) is 4.78. The van der Waals surface area contributed by atoms with Crippen molar-refractivity contribution in [1.82, 2.24) is 9.78 Å². The average molecular weight is 499 g/mol. The Bertz CT molecular complexity index is 1160. The number of aromatic nitrogens is 2. The number of nitrogens with zero attached hydrogens (tertiary/aromatic N) is 3. The van der Waals surface area contributed by atoms with Crippen LogP contribution in [0.5, 0.6) is 11.5 Å². The maximum atomic E-state index is 13.4. The van der Waals surface area contributed by atoms with Crippen LogP contribution in [-0.2, 0) is 11.3 Å². The Morgan fingerprint density at radius 3 is 2.46 bits per heavy atom. The Kier molecular flexibility index (Phi) is 8.15. The molecule has 4 rings (SSSR count). The second-order valence-corrected chi connectivity index (χ2v) is 8.49. The Morgan fingerprint density at radius 2 is 1.77 bits per heavy atom. The molecule has 3 aromatic rings. The van der Waals surface area contributed by atoms with Crippen molar-refractivity contribution in [3.63, 3.8) is 0 Å². The van der Waals surface area contributed by atoms with Gasteiger partial charge in [0.2, 0.25) is 0 Å². The predicted molar refractivity (Wildman–Crippen MR) is 137 cm³/mol. The molecular weight excluding hydrogens is 468 g/mol. The summed E-state index contributed by atoms with van der Waals surface area (Å²) in [7, 11) is 0. The molecular formula is C26H31ClN4O4. The van der Waals surface area contributed by atoms with Crippen molar-refractivity contribution in [2.24, 2.45) is 0 Å². The number of aryl methyl sites for hydroxylation is 1. The second kappa shape index (κ2) is 11.5. The summed E-state index contributed by atoms with van der Waals surface area (Å²) in [4.78, 5) is 15.6. The summed E-state index contributed by atoms with van der Waals surface area (Å²) < 4.78 is 19.0. The van der Waals surface area contributed by atoms with E-state index in [-0.39, 0.29) is 11.1 Å². The average Bonchev–Trinajstić information content (AvgIpc) is 3.14. The van der Waals surface area contributed by atoms with Crippen LogP contribution in [0.25, 0.3) is 0 Å². The quantitative estimate of drug-likeness (QED) is 0.457. The molecule has 0 unspecified atom stereocenters. The molecule has 0 saturated carbocycles. The molecule has 2 heterocycles. The number of anilines is 2. The lowest BCUT2D eigenvalue weighted by Gasteiger charge is -2.31. The molecule has 186 valence electrons.